The van der Waals surface area contributed by atoms with Crippen molar-refractivity contribution in [2.24, 2.45) is 0 Å². The monoisotopic (exact) mass is 429 g/mol. The number of aromatic carboxylic acids is 1. The van der Waals surface area contributed by atoms with E-state index in [2.05, 4.69) is 16.5 Å². The average molecular weight is 429 g/mol. The number of carboxylic acids is 1. The van der Waals surface area contributed by atoms with Gasteiger partial charge in [-0.2, -0.15) is 0 Å². The maximum Gasteiger partial charge on any atom is 0.354 e. The Hall–Kier alpha value is -3.26. The van der Waals surface area contributed by atoms with Gasteiger partial charge in [0.15, 0.2) is 5.69 Å². The van der Waals surface area contributed by atoms with Gasteiger partial charge in [0.1, 0.15) is 11.6 Å². The molecule has 31 heavy (non-hydrogen) atoms. The summed E-state index contributed by atoms with van der Waals surface area (Å²) in [5.74, 6) is -1.23. The Bertz CT molecular complexity index is 940. The zero-order chi connectivity index (χ0) is 23.0. The van der Waals surface area contributed by atoms with Crippen molar-refractivity contribution >= 4 is 11.9 Å². The van der Waals surface area contributed by atoms with E-state index in [4.69, 9.17) is 10.2 Å². The SMILES string of the molecule is C=CC(=O)N1CCN(CCc2ccc(C)c(F)c2)CC1.Cc1cc(O)cnc1C(=O)O. The molecule has 1 aromatic carbocycles. The number of carbonyl (C=O) groups excluding carboxylic acids is 1. The predicted molar refractivity (Wildman–Crippen MR) is 116 cm³/mol. The van der Waals surface area contributed by atoms with Crippen LogP contribution in [0.1, 0.15) is 27.2 Å². The average Bonchev–Trinajstić information content (AvgIpc) is 2.74. The normalized spacial score (nSPS) is 13.8. The second-order valence-corrected chi connectivity index (χ2v) is 7.37. The summed E-state index contributed by atoms with van der Waals surface area (Å²) in [5, 5.41) is 17.4. The van der Waals surface area contributed by atoms with Crippen molar-refractivity contribution in [2.75, 3.05) is 32.7 Å². The highest BCUT2D eigenvalue weighted by Gasteiger charge is 2.18. The summed E-state index contributed by atoms with van der Waals surface area (Å²) >= 11 is 0. The van der Waals surface area contributed by atoms with Gasteiger partial charge in [0.05, 0.1) is 6.20 Å². The summed E-state index contributed by atoms with van der Waals surface area (Å²) in [5.41, 5.74) is 2.14. The van der Waals surface area contributed by atoms with E-state index < -0.39 is 5.97 Å². The number of pyridine rings is 1. The van der Waals surface area contributed by atoms with Crippen LogP contribution in [0.5, 0.6) is 5.75 Å². The summed E-state index contributed by atoms with van der Waals surface area (Å²) in [4.78, 5) is 29.5. The number of hydrogen-bond donors (Lipinski definition) is 2. The van der Waals surface area contributed by atoms with E-state index in [1.54, 1.807) is 19.9 Å². The standard InChI is InChI=1S/C16H21FN2O.C7H7NO3/c1-3-16(20)19-10-8-18(9-11-19)7-6-14-5-4-13(2)15(17)12-14;1-4-2-5(9)3-8-6(4)7(10)11/h3-5,12H,1,6-11H2,2H3;2-3,9H,1H3,(H,10,11). The van der Waals surface area contributed by atoms with E-state index in [1.807, 2.05) is 17.0 Å². The molecule has 0 saturated carbocycles. The third kappa shape index (κ3) is 7.18. The highest BCUT2D eigenvalue weighted by Crippen LogP contribution is 2.12. The molecule has 1 fully saturated rings. The molecule has 1 aliphatic heterocycles. The molecule has 0 bridgehead atoms. The molecule has 0 radical (unpaired) electrons. The van der Waals surface area contributed by atoms with Gasteiger partial charge in [0.25, 0.3) is 0 Å². The van der Waals surface area contributed by atoms with Crippen LogP contribution < -0.4 is 0 Å². The number of aromatic hydroxyl groups is 1. The minimum absolute atomic E-state index is 0.00487. The van der Waals surface area contributed by atoms with E-state index in [1.165, 1.54) is 12.1 Å². The number of amides is 1. The van der Waals surface area contributed by atoms with Gasteiger partial charge in [-0.15, -0.1) is 0 Å². The molecule has 8 heteroatoms. The highest BCUT2D eigenvalue weighted by molar-refractivity contribution is 5.87. The van der Waals surface area contributed by atoms with Gasteiger partial charge in [0.2, 0.25) is 5.91 Å². The summed E-state index contributed by atoms with van der Waals surface area (Å²) in [6, 6.07) is 6.78. The van der Waals surface area contributed by atoms with Crippen LogP contribution in [0.4, 0.5) is 4.39 Å². The van der Waals surface area contributed by atoms with Crippen LogP contribution in [0.25, 0.3) is 0 Å². The van der Waals surface area contributed by atoms with Gasteiger partial charge in [-0.25, -0.2) is 14.2 Å². The molecule has 1 aliphatic rings. The topological polar surface area (TPSA) is 94.0 Å². The molecule has 1 amide bonds. The van der Waals surface area contributed by atoms with Crippen LogP contribution >= 0.6 is 0 Å². The van der Waals surface area contributed by atoms with Crippen LogP contribution in [0.3, 0.4) is 0 Å². The van der Waals surface area contributed by atoms with E-state index in [9.17, 15) is 14.0 Å². The molecule has 1 aromatic heterocycles. The first-order valence-electron chi connectivity index (χ1n) is 9.99. The second-order valence-electron chi connectivity index (χ2n) is 7.37. The Morgan fingerprint density at radius 2 is 1.84 bits per heavy atom. The maximum absolute atomic E-state index is 13.5. The summed E-state index contributed by atoms with van der Waals surface area (Å²) < 4.78 is 13.5. The third-order valence-electron chi connectivity index (χ3n) is 5.08. The van der Waals surface area contributed by atoms with Crippen LogP contribution in [-0.4, -0.2) is 69.6 Å². The Morgan fingerprint density at radius 1 is 1.16 bits per heavy atom. The van der Waals surface area contributed by atoms with Crippen LogP contribution in [-0.2, 0) is 11.2 Å². The molecule has 7 nitrogen and oxygen atoms in total. The molecular weight excluding hydrogens is 401 g/mol. The van der Waals surface area contributed by atoms with Gasteiger partial charge in [-0.3, -0.25) is 9.69 Å². The number of rotatable bonds is 5. The van der Waals surface area contributed by atoms with E-state index in [-0.39, 0.29) is 23.2 Å². The summed E-state index contributed by atoms with van der Waals surface area (Å²) in [7, 11) is 0. The Kier molecular flexibility index (Phi) is 8.69. The first-order valence-corrected chi connectivity index (χ1v) is 9.99. The molecule has 2 N–H and O–H groups in total. The molecule has 2 aromatic rings. The van der Waals surface area contributed by atoms with Crippen molar-refractivity contribution in [1.29, 1.82) is 0 Å². The molecule has 0 atom stereocenters. The minimum Gasteiger partial charge on any atom is -0.506 e. The fourth-order valence-corrected chi connectivity index (χ4v) is 3.18. The lowest BCUT2D eigenvalue weighted by molar-refractivity contribution is -0.127. The number of hydrogen-bond acceptors (Lipinski definition) is 5. The Balaban J connectivity index is 0.000000262. The first-order chi connectivity index (χ1) is 14.7. The molecular formula is C23H28FN3O4. The smallest absolute Gasteiger partial charge is 0.354 e. The number of carboxylic acid groups (broad SMARTS) is 1. The van der Waals surface area contributed by atoms with Crippen molar-refractivity contribution in [2.45, 2.75) is 20.3 Å². The van der Waals surface area contributed by atoms with Crippen molar-refractivity contribution in [3.8, 4) is 5.75 Å². The lowest BCUT2D eigenvalue weighted by atomic mass is 10.1. The fourth-order valence-electron chi connectivity index (χ4n) is 3.18. The molecule has 2 heterocycles. The predicted octanol–water partition coefficient (Wildman–Crippen LogP) is 2.80. The molecule has 0 aliphatic carbocycles. The minimum atomic E-state index is -1.08. The van der Waals surface area contributed by atoms with E-state index in [0.29, 0.717) is 11.1 Å². The molecule has 1 saturated heterocycles. The van der Waals surface area contributed by atoms with Gasteiger partial charge < -0.3 is 15.1 Å². The largest absolute Gasteiger partial charge is 0.506 e. The van der Waals surface area contributed by atoms with Crippen molar-refractivity contribution in [3.05, 3.63) is 71.3 Å². The fraction of sp³-hybridized carbons (Fsp3) is 0.348. The number of carbonyl (C=O) groups is 2. The van der Waals surface area contributed by atoms with Crippen LogP contribution in [0, 0.1) is 19.7 Å². The second kappa shape index (κ2) is 11.2. The van der Waals surface area contributed by atoms with Gasteiger partial charge in [-0.05, 0) is 55.2 Å². The van der Waals surface area contributed by atoms with Gasteiger partial charge >= 0.3 is 5.97 Å². The lowest BCUT2D eigenvalue weighted by Crippen LogP contribution is -2.48. The van der Waals surface area contributed by atoms with Crippen LogP contribution in [0.2, 0.25) is 0 Å². The van der Waals surface area contributed by atoms with E-state index >= 15 is 0 Å². The third-order valence-corrected chi connectivity index (χ3v) is 5.08. The number of benzene rings is 1. The van der Waals surface area contributed by atoms with Crippen molar-refractivity contribution in [3.63, 3.8) is 0 Å². The molecule has 3 rings (SSSR count). The van der Waals surface area contributed by atoms with Crippen LogP contribution in [0.15, 0.2) is 43.1 Å². The zero-order valence-corrected chi connectivity index (χ0v) is 17.8. The molecule has 0 spiro atoms. The molecule has 166 valence electrons. The summed E-state index contributed by atoms with van der Waals surface area (Å²) in [6.07, 6.45) is 3.31. The number of nitrogens with zero attached hydrogens (tertiary/aromatic N) is 3. The Labute approximate surface area is 181 Å². The number of halogens is 1. The molecule has 0 unspecified atom stereocenters. The first kappa shape index (κ1) is 24.0. The van der Waals surface area contributed by atoms with Crippen molar-refractivity contribution < 1.29 is 24.2 Å². The maximum atomic E-state index is 13.5. The van der Waals surface area contributed by atoms with Crippen molar-refractivity contribution in [1.82, 2.24) is 14.8 Å². The van der Waals surface area contributed by atoms with Gasteiger partial charge in [0, 0.05) is 32.7 Å². The summed E-state index contributed by atoms with van der Waals surface area (Å²) in [6.45, 7) is 11.0. The van der Waals surface area contributed by atoms with Gasteiger partial charge in [-0.1, -0.05) is 18.7 Å². The Morgan fingerprint density at radius 3 is 2.39 bits per heavy atom. The highest BCUT2D eigenvalue weighted by atomic mass is 19.1. The number of aryl methyl sites for hydroxylation is 2. The van der Waals surface area contributed by atoms with E-state index in [0.717, 1.165) is 50.9 Å². The zero-order valence-electron chi connectivity index (χ0n) is 17.8. The quantitative estimate of drug-likeness (QED) is 0.710. The lowest BCUT2D eigenvalue weighted by Gasteiger charge is -2.34. The number of piperazine rings is 1. The number of aromatic nitrogens is 1.